The van der Waals surface area contributed by atoms with Gasteiger partial charge >= 0.3 is 30.3 Å². The predicted molar refractivity (Wildman–Crippen MR) is 271 cm³/mol. The Morgan fingerprint density at radius 2 is 1.56 bits per heavy atom. The summed E-state index contributed by atoms with van der Waals surface area (Å²) in [4.78, 5) is 80.6. The molecule has 5 atom stereocenters. The molecule has 1 saturated carbocycles. The molecule has 21 nitrogen and oxygen atoms in total. The minimum absolute atomic E-state index is 0.00624. The van der Waals surface area contributed by atoms with Crippen LogP contribution in [0.3, 0.4) is 0 Å². The minimum atomic E-state index is -5.27. The number of carboxylic acids is 3. The van der Waals surface area contributed by atoms with E-state index in [-0.39, 0.29) is 54.0 Å². The number of alkyl halides is 8. The molecule has 2 aromatic carbocycles. The molecule has 84 heavy (non-hydrogen) atoms. The highest BCUT2D eigenvalue weighted by atomic mass is 35.5. The summed E-state index contributed by atoms with van der Waals surface area (Å²) in [6.45, 7) is -3.18. The van der Waals surface area contributed by atoms with Gasteiger partial charge in [0.05, 0.1) is 47.4 Å². The molecule has 0 bridgehead atoms. The van der Waals surface area contributed by atoms with Crippen molar-refractivity contribution in [3.63, 3.8) is 0 Å². The molecule has 0 radical (unpaired) electrons. The van der Waals surface area contributed by atoms with Crippen molar-refractivity contribution in [2.24, 2.45) is 5.92 Å². The van der Waals surface area contributed by atoms with Crippen molar-refractivity contribution in [1.82, 2.24) is 39.1 Å². The third-order valence-corrected chi connectivity index (χ3v) is 16.3. The van der Waals surface area contributed by atoms with Crippen molar-refractivity contribution >= 4 is 79.2 Å². The average Bonchev–Trinajstić information content (AvgIpc) is 1.57. The Morgan fingerprint density at radius 3 is 2.13 bits per heavy atom. The maximum atomic E-state index is 15.7. The number of carboxylic acid groups (broad SMARTS) is 3. The number of amides is 3. The van der Waals surface area contributed by atoms with E-state index in [1.807, 2.05) is 0 Å². The summed E-state index contributed by atoms with van der Waals surface area (Å²) in [5, 5.41) is 36.8. The molecule has 2 aliphatic carbocycles. The number of sulfone groups is 1. The Hall–Kier alpha value is -7.96. The highest BCUT2D eigenvalue weighted by molar-refractivity contribution is 7.92. The number of benzene rings is 2. The topological polar surface area (TPSA) is 302 Å². The lowest BCUT2D eigenvalue weighted by molar-refractivity contribution is -0.154. The number of halogens is 11. The second-order valence-corrected chi connectivity index (χ2v) is 23.6. The van der Waals surface area contributed by atoms with Gasteiger partial charge in [0.15, 0.2) is 15.5 Å². The zero-order valence-electron chi connectivity index (χ0n) is 43.2. The van der Waals surface area contributed by atoms with Crippen LogP contribution in [0.1, 0.15) is 84.7 Å². The Labute approximate surface area is 474 Å². The standard InChI is InChI=1S/C50H43ClF10N8O13S2/c1-47(2,84(3,81)82)12-10-26-4-5-27(42(62-26)32(16-23-14-24(52)17-25(53)15-23)63-35(70)21-67-45-40(44(65-67)50(59,60)61)29-18-30(29)49(45,57)58)28-6-7-31(51)41-33(64-68(43(28)41)22-48(54,55)56)20-69(83(79)80)37(72)9-8-36(71)66(13-11-38(73)74)34(46(77)78)19-39(75)76/h4-9,14-15,17,29-30,32,34H,11,13,16,18-22H2,1-3H3,(H,63,70)(H,73,74)(H,75,76)(H,77,78)(H,79,80)/b9-8+/t29-,30+,32?,34?/m0/s1. The van der Waals surface area contributed by atoms with Crippen molar-refractivity contribution in [2.75, 3.05) is 12.8 Å². The molecule has 3 unspecified atom stereocenters. The van der Waals surface area contributed by atoms with Gasteiger partial charge in [-0.05, 0) is 74.4 Å². The molecule has 450 valence electrons. The molecule has 5 aromatic rings. The third kappa shape index (κ3) is 14.0. The molecule has 7 rings (SSSR count). The van der Waals surface area contributed by atoms with E-state index in [0.717, 1.165) is 42.7 Å². The molecule has 1 fully saturated rings. The predicted octanol–water partition coefficient (Wildman–Crippen LogP) is 6.54. The first-order valence-corrected chi connectivity index (χ1v) is 27.5. The number of carbonyl (C=O) groups is 6. The van der Waals surface area contributed by atoms with Gasteiger partial charge in [-0.15, -0.1) is 0 Å². The quantitative estimate of drug-likeness (QED) is 0.0225. The van der Waals surface area contributed by atoms with Gasteiger partial charge in [0.25, 0.3) is 23.1 Å². The lowest BCUT2D eigenvalue weighted by atomic mass is 9.93. The van der Waals surface area contributed by atoms with Crippen molar-refractivity contribution in [1.29, 1.82) is 0 Å². The lowest BCUT2D eigenvalue weighted by Crippen LogP contribution is -2.46. The van der Waals surface area contributed by atoms with Gasteiger partial charge < -0.3 is 25.5 Å². The SMILES string of the molecule is CC(C)(C#Cc1ccc(-c2ccc(Cl)c3c(CN(C(=O)/C=C/C(=O)N(CCC(=O)O)C(CC(=O)O)C(=O)O)S(=O)O)nn(CC(F)(F)F)c23)c(C(Cc2cc(F)cc(F)c2)NC(=O)Cn2nc(C(F)(F)F)c3c2C(F)(F)[C@@H]2C[C@H]32)n1)S(C)(=O)=O. The van der Waals surface area contributed by atoms with Crippen molar-refractivity contribution in [3.05, 3.63) is 111 Å². The van der Waals surface area contributed by atoms with Crippen molar-refractivity contribution in [3.8, 4) is 23.0 Å². The Morgan fingerprint density at radius 1 is 0.929 bits per heavy atom. The van der Waals surface area contributed by atoms with E-state index < -0.39 is 211 Å². The fourth-order valence-electron chi connectivity index (χ4n) is 9.26. The summed E-state index contributed by atoms with van der Waals surface area (Å²) in [6.07, 6.45) is -12.4. The van der Waals surface area contributed by atoms with E-state index in [2.05, 4.69) is 32.3 Å². The molecule has 3 aromatic heterocycles. The number of aromatic nitrogens is 5. The first kappa shape index (κ1) is 63.6. The van der Waals surface area contributed by atoms with Gasteiger partial charge in [-0.25, -0.2) is 35.5 Å². The van der Waals surface area contributed by atoms with Crippen LogP contribution in [0.5, 0.6) is 0 Å². The van der Waals surface area contributed by atoms with Crippen LogP contribution in [-0.2, 0) is 88.0 Å². The lowest BCUT2D eigenvalue weighted by Gasteiger charge is -2.26. The molecule has 3 amide bonds. The molecule has 0 saturated heterocycles. The number of rotatable bonds is 21. The molecule has 0 aliphatic heterocycles. The molecule has 2 aliphatic rings. The highest BCUT2D eigenvalue weighted by Gasteiger charge is 2.68. The zero-order chi connectivity index (χ0) is 62.5. The third-order valence-electron chi connectivity index (χ3n) is 13.4. The molecule has 5 N–H and O–H groups in total. The number of nitrogens with one attached hydrogen (secondary N) is 1. The first-order valence-electron chi connectivity index (χ1n) is 24.2. The van der Waals surface area contributed by atoms with Crippen LogP contribution < -0.4 is 5.32 Å². The zero-order valence-corrected chi connectivity index (χ0v) is 45.6. The Kier molecular flexibility index (Phi) is 17.9. The van der Waals surface area contributed by atoms with Crippen LogP contribution in [0.25, 0.3) is 22.0 Å². The van der Waals surface area contributed by atoms with Crippen molar-refractivity contribution < 1.29 is 105 Å². The van der Waals surface area contributed by atoms with E-state index in [1.165, 1.54) is 13.8 Å². The van der Waals surface area contributed by atoms with Gasteiger partial charge in [-0.3, -0.25) is 37.9 Å². The van der Waals surface area contributed by atoms with Gasteiger partial charge in [-0.2, -0.15) is 45.3 Å². The van der Waals surface area contributed by atoms with Crippen LogP contribution in [-0.4, -0.2) is 132 Å². The number of hydrogen-bond acceptors (Lipinski definition) is 12. The van der Waals surface area contributed by atoms with E-state index >= 15 is 8.78 Å². The van der Waals surface area contributed by atoms with E-state index in [0.29, 0.717) is 6.07 Å². The number of hydrogen-bond donors (Lipinski definition) is 5. The molecule has 34 heteroatoms. The summed E-state index contributed by atoms with van der Waals surface area (Å²) < 4.78 is 195. The summed E-state index contributed by atoms with van der Waals surface area (Å²) in [5.74, 6) is -13.8. The van der Waals surface area contributed by atoms with E-state index in [1.54, 1.807) is 0 Å². The van der Waals surface area contributed by atoms with Crippen LogP contribution in [0.4, 0.5) is 43.9 Å². The fourth-order valence-corrected chi connectivity index (χ4v) is 10.2. The minimum Gasteiger partial charge on any atom is -0.481 e. The van der Waals surface area contributed by atoms with Gasteiger partial charge in [0.1, 0.15) is 46.9 Å². The molecular formula is C50H43ClF10N8O13S2. The maximum Gasteiger partial charge on any atom is 0.435 e. The summed E-state index contributed by atoms with van der Waals surface area (Å²) in [6, 6.07) is 2.20. The number of pyridine rings is 1. The maximum absolute atomic E-state index is 15.7. The Bertz CT molecular complexity index is 3760. The average molecular weight is 1250 g/mol. The number of carbonyl (C=O) groups excluding carboxylic acids is 3. The van der Waals surface area contributed by atoms with Gasteiger partial charge in [-0.1, -0.05) is 23.6 Å². The largest absolute Gasteiger partial charge is 0.481 e. The smallest absolute Gasteiger partial charge is 0.435 e. The molecule has 3 heterocycles. The van der Waals surface area contributed by atoms with Gasteiger partial charge in [0, 0.05) is 59.0 Å². The second kappa shape index (κ2) is 23.6. The number of nitrogens with zero attached hydrogens (tertiary/aromatic N) is 7. The summed E-state index contributed by atoms with van der Waals surface area (Å²) >= 11 is 3.16. The summed E-state index contributed by atoms with van der Waals surface area (Å²) in [7, 11) is -3.97. The molecular weight excluding hydrogens is 1210 g/mol. The van der Waals surface area contributed by atoms with Gasteiger partial charge in [0.2, 0.25) is 11.8 Å². The monoisotopic (exact) mass is 1250 g/mol. The number of fused-ring (bicyclic) bond motifs is 4. The normalized spacial score (nSPS) is 16.7. The Balaban J connectivity index is 1.40. The highest BCUT2D eigenvalue weighted by Crippen LogP contribution is 2.68. The van der Waals surface area contributed by atoms with Crippen LogP contribution >= 0.6 is 11.6 Å². The van der Waals surface area contributed by atoms with Crippen molar-refractivity contribution in [2.45, 2.75) is 100 Å². The van der Waals surface area contributed by atoms with E-state index in [9.17, 15) is 96.4 Å². The van der Waals surface area contributed by atoms with E-state index in [4.69, 9.17) is 11.6 Å². The first-order chi connectivity index (χ1) is 38.8. The summed E-state index contributed by atoms with van der Waals surface area (Å²) in [5.41, 5.74) is -6.99. The van der Waals surface area contributed by atoms with Crippen LogP contribution in [0.15, 0.2) is 54.6 Å². The second-order valence-electron chi connectivity index (χ2n) is 19.7. The van der Waals surface area contributed by atoms with Crippen LogP contribution in [0.2, 0.25) is 5.02 Å². The van der Waals surface area contributed by atoms with Crippen LogP contribution in [0, 0.1) is 29.4 Å². The number of aliphatic carboxylic acids is 3. The fraction of sp³-hybridized carbons (Fsp3) is 0.380. The molecule has 0 spiro atoms.